The van der Waals surface area contributed by atoms with Gasteiger partial charge in [-0.2, -0.15) is 13.2 Å². The van der Waals surface area contributed by atoms with Crippen molar-refractivity contribution in [2.45, 2.75) is 32.9 Å². The van der Waals surface area contributed by atoms with Crippen molar-refractivity contribution in [3.05, 3.63) is 35.6 Å². The molecule has 0 saturated heterocycles. The van der Waals surface area contributed by atoms with Gasteiger partial charge in [0.2, 0.25) is 0 Å². The molecule has 0 spiro atoms. The Labute approximate surface area is 88.2 Å². The summed E-state index contributed by atoms with van der Waals surface area (Å²) in [6.07, 6.45) is 1.98. The first-order valence-corrected chi connectivity index (χ1v) is 4.75. The van der Waals surface area contributed by atoms with E-state index in [2.05, 4.69) is 0 Å². The highest BCUT2D eigenvalue weighted by Gasteiger charge is 2.30. The molecule has 15 heavy (non-hydrogen) atoms. The minimum atomic E-state index is -4.32. The Bertz CT molecular complexity index is 268. The summed E-state index contributed by atoms with van der Waals surface area (Å²) >= 11 is 0. The van der Waals surface area contributed by atoms with Gasteiger partial charge >= 0.3 is 6.18 Å². The molecule has 0 radical (unpaired) electrons. The fraction of sp³-hybridized carbons (Fsp3) is 0.455. The average Bonchev–Trinajstić information content (AvgIpc) is 2.08. The van der Waals surface area contributed by atoms with Crippen LogP contribution in [-0.2, 0) is 0 Å². The number of hydrogen-bond donors (Lipinski definition) is 1. The highest BCUT2D eigenvalue weighted by molar-refractivity contribution is 5.28. The maximum atomic E-state index is 12.4. The molecule has 0 fully saturated rings. The van der Waals surface area contributed by atoms with Gasteiger partial charge in [0, 0.05) is 5.70 Å². The molecule has 0 aromatic rings. The predicted molar refractivity (Wildman–Crippen MR) is 56.1 cm³/mol. The predicted octanol–water partition coefficient (Wildman–Crippen LogP) is 3.69. The fourth-order valence-electron chi connectivity index (χ4n) is 0.843. The zero-order valence-electron chi connectivity index (χ0n) is 8.93. The van der Waals surface area contributed by atoms with E-state index in [0.29, 0.717) is 12.1 Å². The largest absolute Gasteiger partial charge is 0.416 e. The lowest BCUT2D eigenvalue weighted by molar-refractivity contribution is -0.0881. The van der Waals surface area contributed by atoms with Gasteiger partial charge in [-0.25, -0.2) is 0 Å². The summed E-state index contributed by atoms with van der Waals surface area (Å²) in [5.41, 5.74) is 4.93. The van der Waals surface area contributed by atoms with E-state index in [9.17, 15) is 13.2 Å². The zero-order valence-corrected chi connectivity index (χ0v) is 8.93. The second-order valence-electron chi connectivity index (χ2n) is 3.22. The maximum Gasteiger partial charge on any atom is 0.416 e. The average molecular weight is 219 g/mol. The second-order valence-corrected chi connectivity index (χ2v) is 3.22. The van der Waals surface area contributed by atoms with E-state index in [1.807, 2.05) is 6.92 Å². The molecule has 0 heterocycles. The topological polar surface area (TPSA) is 26.0 Å². The summed E-state index contributed by atoms with van der Waals surface area (Å²) in [4.78, 5) is 0. The Kier molecular flexibility index (Phi) is 5.82. The number of unbranched alkanes of at least 4 members (excludes halogenated alkanes) is 1. The van der Waals surface area contributed by atoms with Crippen LogP contribution < -0.4 is 5.73 Å². The van der Waals surface area contributed by atoms with Crippen LogP contribution >= 0.6 is 0 Å². The quantitative estimate of drug-likeness (QED) is 0.717. The first kappa shape index (κ1) is 13.8. The first-order chi connectivity index (χ1) is 6.88. The van der Waals surface area contributed by atoms with Gasteiger partial charge in [-0.15, -0.1) is 0 Å². The van der Waals surface area contributed by atoms with Crippen molar-refractivity contribution >= 4 is 0 Å². The van der Waals surface area contributed by atoms with Crippen LogP contribution in [0, 0.1) is 0 Å². The SMILES string of the molecule is CCC/C=C/C(=C\C=C(/C)N)C(F)(F)F. The van der Waals surface area contributed by atoms with Crippen molar-refractivity contribution in [3.8, 4) is 0 Å². The van der Waals surface area contributed by atoms with E-state index < -0.39 is 11.7 Å². The molecule has 0 aromatic heterocycles. The lowest BCUT2D eigenvalue weighted by Gasteiger charge is -2.06. The second kappa shape index (κ2) is 6.32. The number of alkyl halides is 3. The highest BCUT2D eigenvalue weighted by atomic mass is 19.4. The first-order valence-electron chi connectivity index (χ1n) is 4.75. The standard InChI is InChI=1S/C11H16F3N/c1-3-4-5-6-10(11(12,13)14)8-7-9(2)15/h5-8H,3-4,15H2,1-2H3/b6-5+,9-7+,10-8+. The van der Waals surface area contributed by atoms with Crippen LogP contribution in [0.2, 0.25) is 0 Å². The molecule has 0 aliphatic carbocycles. The third kappa shape index (κ3) is 6.82. The molecule has 0 saturated carbocycles. The summed E-state index contributed by atoms with van der Waals surface area (Å²) in [6, 6.07) is 0. The van der Waals surface area contributed by atoms with Gasteiger partial charge in [0.15, 0.2) is 0 Å². The Morgan fingerprint density at radius 1 is 1.27 bits per heavy atom. The third-order valence-electron chi connectivity index (χ3n) is 1.61. The van der Waals surface area contributed by atoms with Crippen LogP contribution in [0.25, 0.3) is 0 Å². The monoisotopic (exact) mass is 219 g/mol. The molecule has 0 aliphatic rings. The van der Waals surface area contributed by atoms with Crippen LogP contribution in [0.5, 0.6) is 0 Å². The van der Waals surface area contributed by atoms with Crippen molar-refractivity contribution in [3.63, 3.8) is 0 Å². The lowest BCUT2D eigenvalue weighted by Crippen LogP contribution is -2.09. The third-order valence-corrected chi connectivity index (χ3v) is 1.61. The number of allylic oxidation sites excluding steroid dienone is 6. The van der Waals surface area contributed by atoms with Gasteiger partial charge in [-0.1, -0.05) is 25.5 Å². The van der Waals surface area contributed by atoms with Crippen molar-refractivity contribution in [1.29, 1.82) is 0 Å². The Morgan fingerprint density at radius 2 is 1.87 bits per heavy atom. The van der Waals surface area contributed by atoms with E-state index in [-0.39, 0.29) is 0 Å². The van der Waals surface area contributed by atoms with Crippen molar-refractivity contribution in [2.24, 2.45) is 5.73 Å². The van der Waals surface area contributed by atoms with E-state index in [0.717, 1.165) is 18.6 Å². The molecule has 0 aliphatic heterocycles. The molecule has 0 unspecified atom stereocenters. The van der Waals surface area contributed by atoms with Gasteiger partial charge in [-0.3, -0.25) is 0 Å². The fourth-order valence-corrected chi connectivity index (χ4v) is 0.843. The summed E-state index contributed by atoms with van der Waals surface area (Å²) in [5, 5.41) is 0. The normalized spacial score (nSPS) is 15.0. The maximum absolute atomic E-state index is 12.4. The molecule has 0 atom stereocenters. The van der Waals surface area contributed by atoms with Crippen LogP contribution in [0.3, 0.4) is 0 Å². The Morgan fingerprint density at radius 3 is 2.27 bits per heavy atom. The Balaban J connectivity index is 4.75. The molecular formula is C11H16F3N. The number of rotatable bonds is 4. The minimum absolute atomic E-state index is 0.348. The van der Waals surface area contributed by atoms with Crippen LogP contribution in [0.4, 0.5) is 13.2 Å². The molecular weight excluding hydrogens is 203 g/mol. The summed E-state index contributed by atoms with van der Waals surface area (Å²) in [7, 11) is 0. The molecule has 4 heteroatoms. The van der Waals surface area contributed by atoms with Crippen molar-refractivity contribution in [2.75, 3.05) is 0 Å². The van der Waals surface area contributed by atoms with Gasteiger partial charge in [0.05, 0.1) is 5.57 Å². The van der Waals surface area contributed by atoms with Gasteiger partial charge in [-0.05, 0) is 25.5 Å². The minimum Gasteiger partial charge on any atom is -0.402 e. The molecule has 0 rings (SSSR count). The van der Waals surface area contributed by atoms with Gasteiger partial charge in [0.1, 0.15) is 0 Å². The van der Waals surface area contributed by atoms with E-state index >= 15 is 0 Å². The lowest BCUT2D eigenvalue weighted by atomic mass is 10.2. The molecule has 0 aromatic carbocycles. The van der Waals surface area contributed by atoms with E-state index in [1.54, 1.807) is 6.92 Å². The summed E-state index contributed by atoms with van der Waals surface area (Å²) in [5.74, 6) is 0. The molecule has 1 nitrogen and oxygen atoms in total. The zero-order chi connectivity index (χ0) is 11.9. The summed E-state index contributed by atoms with van der Waals surface area (Å²) < 4.78 is 37.2. The van der Waals surface area contributed by atoms with Crippen LogP contribution in [-0.4, -0.2) is 6.18 Å². The van der Waals surface area contributed by atoms with Gasteiger partial charge < -0.3 is 5.73 Å². The number of hydrogen-bond acceptors (Lipinski definition) is 1. The molecule has 0 amide bonds. The molecule has 86 valence electrons. The van der Waals surface area contributed by atoms with E-state index in [4.69, 9.17) is 5.73 Å². The molecule has 2 N–H and O–H groups in total. The number of halogens is 3. The van der Waals surface area contributed by atoms with Crippen LogP contribution in [0.15, 0.2) is 35.6 Å². The summed E-state index contributed by atoms with van der Waals surface area (Å²) in [6.45, 7) is 3.45. The van der Waals surface area contributed by atoms with Gasteiger partial charge in [0.25, 0.3) is 0 Å². The van der Waals surface area contributed by atoms with E-state index in [1.165, 1.54) is 12.2 Å². The number of nitrogens with two attached hydrogens (primary N) is 1. The highest BCUT2D eigenvalue weighted by Crippen LogP contribution is 2.26. The smallest absolute Gasteiger partial charge is 0.402 e. The van der Waals surface area contributed by atoms with Crippen molar-refractivity contribution in [1.82, 2.24) is 0 Å². The molecule has 0 bridgehead atoms. The van der Waals surface area contributed by atoms with Crippen molar-refractivity contribution < 1.29 is 13.2 Å². The van der Waals surface area contributed by atoms with Crippen LogP contribution in [0.1, 0.15) is 26.7 Å². The Hall–Kier alpha value is -1.19.